The predicted molar refractivity (Wildman–Crippen MR) is 81.1 cm³/mol. The van der Waals surface area contributed by atoms with Gasteiger partial charge in [-0.25, -0.2) is 18.1 Å². The van der Waals surface area contributed by atoms with Crippen LogP contribution in [0.4, 0.5) is 0 Å². The number of benzene rings is 1. The van der Waals surface area contributed by atoms with Crippen LogP contribution in [0.3, 0.4) is 0 Å². The highest BCUT2D eigenvalue weighted by molar-refractivity contribution is 7.89. The predicted octanol–water partition coefficient (Wildman–Crippen LogP) is 1.52. The van der Waals surface area contributed by atoms with Gasteiger partial charge in [0, 0.05) is 18.9 Å². The fourth-order valence-corrected chi connectivity index (χ4v) is 3.74. The summed E-state index contributed by atoms with van der Waals surface area (Å²) in [6, 6.07) is 3.09. The molecule has 1 aromatic heterocycles. The van der Waals surface area contributed by atoms with E-state index in [1.165, 1.54) is 0 Å². The molecule has 1 heterocycles. The molecule has 0 fully saturated rings. The van der Waals surface area contributed by atoms with Gasteiger partial charge in [0.1, 0.15) is 5.82 Å². The van der Waals surface area contributed by atoms with Crippen molar-refractivity contribution < 1.29 is 8.42 Å². The molecule has 1 atom stereocenters. The van der Waals surface area contributed by atoms with Gasteiger partial charge < -0.3 is 10.7 Å². The molecule has 0 aliphatic heterocycles. The lowest BCUT2D eigenvalue weighted by Crippen LogP contribution is -2.28. The molecule has 6 nitrogen and oxygen atoms in total. The Bertz CT molecular complexity index is 724. The van der Waals surface area contributed by atoms with Crippen LogP contribution in [0.15, 0.2) is 29.4 Å². The van der Waals surface area contributed by atoms with Crippen LogP contribution in [0, 0.1) is 13.8 Å². The number of hydrogen-bond acceptors (Lipinski definition) is 4. The molecule has 0 bridgehead atoms. The molecule has 0 aliphatic rings. The second-order valence-corrected chi connectivity index (χ2v) is 6.74. The second kappa shape index (κ2) is 5.97. The van der Waals surface area contributed by atoms with E-state index < -0.39 is 16.1 Å². The second-order valence-electron chi connectivity index (χ2n) is 5.06. The molecule has 0 spiro atoms. The normalized spacial score (nSPS) is 13.3. The molecule has 0 saturated heterocycles. The quantitative estimate of drug-likeness (QED) is 0.779. The summed E-state index contributed by atoms with van der Waals surface area (Å²) in [4.78, 5) is 7.23. The Kier molecular flexibility index (Phi) is 4.46. The van der Waals surface area contributed by atoms with Gasteiger partial charge in [-0.1, -0.05) is 6.07 Å². The Balaban J connectivity index is 2.38. The van der Waals surface area contributed by atoms with Crippen molar-refractivity contribution in [2.75, 3.05) is 0 Å². The fourth-order valence-electron chi connectivity index (χ4n) is 2.16. The van der Waals surface area contributed by atoms with Crippen molar-refractivity contribution in [1.29, 1.82) is 0 Å². The van der Waals surface area contributed by atoms with Crippen molar-refractivity contribution in [3.8, 4) is 0 Å². The molecule has 0 radical (unpaired) electrons. The van der Waals surface area contributed by atoms with E-state index in [0.29, 0.717) is 12.4 Å². The van der Waals surface area contributed by atoms with Gasteiger partial charge >= 0.3 is 0 Å². The number of nitrogens with one attached hydrogen (secondary N) is 2. The van der Waals surface area contributed by atoms with Crippen molar-refractivity contribution in [2.24, 2.45) is 5.73 Å². The molecule has 2 aromatic rings. The summed E-state index contributed by atoms with van der Waals surface area (Å²) in [6.07, 6.45) is 3.25. The molecule has 0 amide bonds. The Morgan fingerprint density at radius 3 is 2.67 bits per heavy atom. The van der Waals surface area contributed by atoms with Gasteiger partial charge in [0.2, 0.25) is 10.0 Å². The number of sulfonamides is 1. The van der Waals surface area contributed by atoms with E-state index in [9.17, 15) is 8.42 Å². The summed E-state index contributed by atoms with van der Waals surface area (Å²) in [7, 11) is -3.64. The molecular formula is C14H20N4O2S. The van der Waals surface area contributed by atoms with E-state index in [0.717, 1.165) is 16.7 Å². The summed E-state index contributed by atoms with van der Waals surface area (Å²) in [5.74, 6) is 0.572. The average Bonchev–Trinajstić information content (AvgIpc) is 2.95. The maximum atomic E-state index is 12.6. The minimum Gasteiger partial charge on any atom is -0.347 e. The van der Waals surface area contributed by atoms with Crippen LogP contribution < -0.4 is 10.5 Å². The first-order chi connectivity index (χ1) is 9.85. The van der Waals surface area contributed by atoms with Crippen molar-refractivity contribution in [3.63, 3.8) is 0 Å². The Hall–Kier alpha value is -1.70. The van der Waals surface area contributed by atoms with E-state index in [4.69, 9.17) is 5.73 Å². The van der Waals surface area contributed by atoms with Crippen molar-refractivity contribution in [1.82, 2.24) is 14.7 Å². The monoisotopic (exact) mass is 308 g/mol. The van der Waals surface area contributed by atoms with Crippen LogP contribution in [0.1, 0.15) is 35.5 Å². The number of rotatable bonds is 5. The molecule has 2 rings (SSSR count). The lowest BCUT2D eigenvalue weighted by atomic mass is 10.1. The number of nitrogens with two attached hydrogens (primary N) is 1. The van der Waals surface area contributed by atoms with Gasteiger partial charge in [-0.2, -0.15) is 0 Å². The third-order valence-corrected chi connectivity index (χ3v) is 5.13. The van der Waals surface area contributed by atoms with Crippen molar-refractivity contribution >= 4 is 10.0 Å². The zero-order chi connectivity index (χ0) is 15.6. The van der Waals surface area contributed by atoms with Gasteiger partial charge in [-0.15, -0.1) is 0 Å². The highest BCUT2D eigenvalue weighted by atomic mass is 32.2. The first kappa shape index (κ1) is 15.7. The number of aromatic amines is 1. The highest BCUT2D eigenvalue weighted by Crippen LogP contribution is 2.22. The maximum absolute atomic E-state index is 12.6. The highest BCUT2D eigenvalue weighted by Gasteiger charge is 2.22. The topological polar surface area (TPSA) is 101 Å². The number of nitrogens with zero attached hydrogens (tertiary/aromatic N) is 1. The number of H-pyrrole nitrogens is 1. The molecule has 0 saturated carbocycles. The third kappa shape index (κ3) is 3.31. The van der Waals surface area contributed by atoms with E-state index in [-0.39, 0.29) is 4.90 Å². The van der Waals surface area contributed by atoms with Crippen LogP contribution in [0.5, 0.6) is 0 Å². The zero-order valence-electron chi connectivity index (χ0n) is 12.3. The first-order valence-corrected chi connectivity index (χ1v) is 8.15. The molecule has 4 N–H and O–H groups in total. The minimum absolute atomic E-state index is 0.265. The van der Waals surface area contributed by atoms with Crippen LogP contribution >= 0.6 is 0 Å². The molecular weight excluding hydrogens is 288 g/mol. The van der Waals surface area contributed by atoms with Crippen molar-refractivity contribution in [2.45, 2.75) is 38.3 Å². The number of hydrogen-bond donors (Lipinski definition) is 3. The van der Waals surface area contributed by atoms with Crippen LogP contribution in [-0.2, 0) is 16.6 Å². The van der Waals surface area contributed by atoms with Crippen molar-refractivity contribution in [3.05, 3.63) is 47.0 Å². The van der Waals surface area contributed by atoms with Gasteiger partial charge in [0.15, 0.2) is 0 Å². The summed E-state index contributed by atoms with van der Waals surface area (Å²) in [6.45, 7) is 5.72. The zero-order valence-corrected chi connectivity index (χ0v) is 13.2. The summed E-state index contributed by atoms with van der Waals surface area (Å²) < 4.78 is 27.8. The fraction of sp³-hybridized carbons (Fsp3) is 0.357. The molecule has 1 aromatic carbocycles. The summed E-state index contributed by atoms with van der Waals surface area (Å²) in [5, 5.41) is 0. The largest absolute Gasteiger partial charge is 0.347 e. The Morgan fingerprint density at radius 1 is 1.38 bits per heavy atom. The van der Waals surface area contributed by atoms with Gasteiger partial charge in [-0.3, -0.25) is 0 Å². The van der Waals surface area contributed by atoms with Gasteiger partial charge in [0.25, 0.3) is 0 Å². The third-order valence-electron chi connectivity index (χ3n) is 3.47. The number of aromatic nitrogens is 2. The average molecular weight is 308 g/mol. The standard InChI is InChI=1S/C14H20N4O2S/c1-9-6-12(8-15)7-13(10(9)2)21(19,20)18-11(3)14-16-4-5-17-14/h4-7,11,18H,8,15H2,1-3H3,(H,16,17). The van der Waals surface area contributed by atoms with Crippen LogP contribution in [-0.4, -0.2) is 18.4 Å². The van der Waals surface area contributed by atoms with E-state index in [1.54, 1.807) is 32.3 Å². The van der Waals surface area contributed by atoms with E-state index in [1.807, 2.05) is 13.0 Å². The number of aryl methyl sites for hydroxylation is 1. The molecule has 7 heteroatoms. The maximum Gasteiger partial charge on any atom is 0.241 e. The number of imidazole rings is 1. The smallest absolute Gasteiger partial charge is 0.241 e. The summed E-state index contributed by atoms with van der Waals surface area (Å²) in [5.41, 5.74) is 8.06. The van der Waals surface area contributed by atoms with Gasteiger partial charge in [0.05, 0.1) is 10.9 Å². The Labute approximate surface area is 124 Å². The Morgan fingerprint density at radius 2 is 2.10 bits per heavy atom. The van der Waals surface area contributed by atoms with Crippen LogP contribution in [0.2, 0.25) is 0 Å². The lowest BCUT2D eigenvalue weighted by molar-refractivity contribution is 0.560. The lowest BCUT2D eigenvalue weighted by Gasteiger charge is -2.16. The van der Waals surface area contributed by atoms with Gasteiger partial charge in [-0.05, 0) is 43.5 Å². The molecule has 114 valence electrons. The van der Waals surface area contributed by atoms with Crippen LogP contribution in [0.25, 0.3) is 0 Å². The SMILES string of the molecule is Cc1cc(CN)cc(S(=O)(=O)NC(C)c2ncc[nH]2)c1C. The molecule has 0 aliphatic carbocycles. The summed E-state index contributed by atoms with van der Waals surface area (Å²) >= 11 is 0. The van der Waals surface area contributed by atoms with E-state index in [2.05, 4.69) is 14.7 Å². The first-order valence-electron chi connectivity index (χ1n) is 6.67. The molecule has 21 heavy (non-hydrogen) atoms. The minimum atomic E-state index is -3.64. The molecule has 1 unspecified atom stereocenters. The van der Waals surface area contributed by atoms with E-state index >= 15 is 0 Å².